The fraction of sp³-hybridized carbons (Fsp3) is 0.421. The van der Waals surface area contributed by atoms with Gasteiger partial charge in [-0.3, -0.25) is 4.68 Å². The molecule has 2 heterocycles. The van der Waals surface area contributed by atoms with Gasteiger partial charge >= 0.3 is 6.18 Å². The summed E-state index contributed by atoms with van der Waals surface area (Å²) in [6.07, 6.45) is 1.85. The second-order valence-corrected chi connectivity index (χ2v) is 6.96. The van der Waals surface area contributed by atoms with Gasteiger partial charge in [-0.05, 0) is 31.4 Å². The van der Waals surface area contributed by atoms with Crippen LogP contribution in [0.5, 0.6) is 0 Å². The number of rotatable bonds is 7. The molecule has 0 amide bonds. The van der Waals surface area contributed by atoms with Gasteiger partial charge in [-0.15, -0.1) is 0 Å². The van der Waals surface area contributed by atoms with Gasteiger partial charge < -0.3 is 10.6 Å². The lowest BCUT2D eigenvalue weighted by atomic mass is 10.2. The molecule has 1 aliphatic carbocycles. The molecule has 148 valence electrons. The Kier molecular flexibility index (Phi) is 4.82. The highest BCUT2D eigenvalue weighted by molar-refractivity contribution is 5.92. The van der Waals surface area contributed by atoms with E-state index in [0.29, 0.717) is 5.69 Å². The van der Waals surface area contributed by atoms with Crippen LogP contribution in [0, 0.1) is 0 Å². The van der Waals surface area contributed by atoms with Gasteiger partial charge in [0.15, 0.2) is 0 Å². The smallest absolute Gasteiger partial charge is 0.367 e. The molecule has 2 aromatic heterocycles. The van der Waals surface area contributed by atoms with E-state index in [1.807, 2.05) is 22.9 Å². The maximum absolute atomic E-state index is 13.2. The van der Waals surface area contributed by atoms with E-state index in [9.17, 15) is 13.2 Å². The molecule has 0 saturated heterocycles. The number of aromatic nitrogens is 4. The van der Waals surface area contributed by atoms with Gasteiger partial charge in [-0.25, -0.2) is 4.98 Å². The number of alkyl halides is 3. The summed E-state index contributed by atoms with van der Waals surface area (Å²) in [5, 5.41) is 11.2. The van der Waals surface area contributed by atoms with E-state index >= 15 is 0 Å². The van der Waals surface area contributed by atoms with Crippen LogP contribution in [0.2, 0.25) is 0 Å². The summed E-state index contributed by atoms with van der Waals surface area (Å²) in [5.74, 6) is -0.0664. The quantitative estimate of drug-likeness (QED) is 0.597. The minimum absolute atomic E-state index is 0.0454. The van der Waals surface area contributed by atoms with E-state index in [1.165, 1.54) is 0 Å². The highest BCUT2D eigenvalue weighted by atomic mass is 19.4. The zero-order valence-electron chi connectivity index (χ0n) is 15.4. The highest BCUT2D eigenvalue weighted by Crippen LogP contribution is 2.36. The third kappa shape index (κ3) is 3.88. The number of hydrogen-bond acceptors (Lipinski definition) is 5. The topological polar surface area (TPSA) is 67.7 Å². The number of hydrogen-bond donors (Lipinski definition) is 2. The van der Waals surface area contributed by atoms with Gasteiger partial charge in [0.05, 0.1) is 17.4 Å². The number of benzene rings is 1. The molecule has 9 heteroatoms. The lowest BCUT2D eigenvalue weighted by Gasteiger charge is -2.14. The Labute approximate surface area is 160 Å². The lowest BCUT2D eigenvalue weighted by Crippen LogP contribution is -2.15. The molecule has 1 aliphatic rings. The summed E-state index contributed by atoms with van der Waals surface area (Å²) < 4.78 is 41.6. The van der Waals surface area contributed by atoms with Crippen molar-refractivity contribution in [1.82, 2.24) is 19.7 Å². The van der Waals surface area contributed by atoms with Crippen LogP contribution in [0.4, 0.5) is 30.6 Å². The monoisotopic (exact) mass is 390 g/mol. The van der Waals surface area contributed by atoms with E-state index < -0.39 is 11.7 Å². The van der Waals surface area contributed by atoms with Crippen LogP contribution in [-0.2, 0) is 12.7 Å². The van der Waals surface area contributed by atoms with Crippen molar-refractivity contribution in [2.24, 2.45) is 0 Å². The van der Waals surface area contributed by atoms with Crippen molar-refractivity contribution in [1.29, 1.82) is 0 Å². The van der Waals surface area contributed by atoms with Crippen LogP contribution < -0.4 is 10.6 Å². The maximum Gasteiger partial charge on any atom is 0.421 e. The minimum atomic E-state index is -4.50. The van der Waals surface area contributed by atoms with E-state index in [0.717, 1.165) is 49.3 Å². The largest absolute Gasteiger partial charge is 0.421 e. The van der Waals surface area contributed by atoms with E-state index in [4.69, 9.17) is 0 Å². The van der Waals surface area contributed by atoms with Gasteiger partial charge in [-0.2, -0.15) is 23.3 Å². The average Bonchev–Trinajstić information content (AvgIpc) is 3.36. The van der Waals surface area contributed by atoms with Crippen LogP contribution in [0.1, 0.15) is 38.2 Å². The van der Waals surface area contributed by atoms with E-state index in [1.54, 1.807) is 6.20 Å². The Balaban J connectivity index is 1.64. The van der Waals surface area contributed by atoms with Crippen molar-refractivity contribution in [2.45, 2.75) is 51.4 Å². The molecule has 1 aromatic carbocycles. The summed E-state index contributed by atoms with van der Waals surface area (Å²) in [7, 11) is 0. The first-order chi connectivity index (χ1) is 13.5. The molecule has 0 spiro atoms. The first kappa shape index (κ1) is 18.5. The summed E-state index contributed by atoms with van der Waals surface area (Å²) in [5.41, 5.74) is 0.814. The second-order valence-electron chi connectivity index (χ2n) is 6.96. The van der Waals surface area contributed by atoms with Crippen molar-refractivity contribution in [3.63, 3.8) is 0 Å². The lowest BCUT2D eigenvalue weighted by molar-refractivity contribution is -0.137. The summed E-state index contributed by atoms with van der Waals surface area (Å²) in [4.78, 5) is 7.98. The summed E-state index contributed by atoms with van der Waals surface area (Å²) in [6, 6.07) is 5.73. The summed E-state index contributed by atoms with van der Waals surface area (Å²) in [6.45, 7) is 2.93. The fourth-order valence-corrected chi connectivity index (χ4v) is 3.00. The van der Waals surface area contributed by atoms with Crippen molar-refractivity contribution in [2.75, 3.05) is 10.6 Å². The predicted octanol–water partition coefficient (Wildman–Crippen LogP) is 4.96. The van der Waals surface area contributed by atoms with Crippen LogP contribution in [0.3, 0.4) is 0 Å². The fourth-order valence-electron chi connectivity index (χ4n) is 3.00. The Morgan fingerprint density at radius 3 is 2.75 bits per heavy atom. The Morgan fingerprint density at radius 2 is 2.04 bits per heavy atom. The third-order valence-electron chi connectivity index (χ3n) is 4.67. The van der Waals surface area contributed by atoms with Crippen molar-refractivity contribution in [3.8, 4) is 0 Å². The minimum Gasteiger partial charge on any atom is -0.367 e. The van der Waals surface area contributed by atoms with Crippen molar-refractivity contribution in [3.05, 3.63) is 36.2 Å². The van der Waals surface area contributed by atoms with Crippen LogP contribution >= 0.6 is 0 Å². The van der Waals surface area contributed by atoms with Gasteiger partial charge in [0.1, 0.15) is 11.4 Å². The van der Waals surface area contributed by atoms with Crippen LogP contribution in [0.25, 0.3) is 10.9 Å². The average molecular weight is 390 g/mol. The number of halogens is 3. The Bertz CT molecular complexity index is 977. The molecule has 0 radical (unpaired) electrons. The molecule has 6 nitrogen and oxygen atoms in total. The number of anilines is 3. The van der Waals surface area contributed by atoms with E-state index in [2.05, 4.69) is 32.6 Å². The van der Waals surface area contributed by atoms with Gasteiger partial charge in [0.2, 0.25) is 5.95 Å². The SMILES string of the molecule is CCCCn1ncc2c(Nc3ncc(C(F)(F)F)c(NC4CC4)n3)cccc21. The molecular formula is C19H21F3N6. The molecule has 1 saturated carbocycles. The number of unbranched alkanes of at least 4 members (excludes halogenated alkanes) is 1. The molecule has 28 heavy (non-hydrogen) atoms. The first-order valence-corrected chi connectivity index (χ1v) is 9.38. The maximum atomic E-state index is 13.2. The third-order valence-corrected chi connectivity index (χ3v) is 4.67. The predicted molar refractivity (Wildman–Crippen MR) is 102 cm³/mol. The molecule has 2 N–H and O–H groups in total. The number of aryl methyl sites for hydroxylation is 1. The molecule has 3 aromatic rings. The van der Waals surface area contributed by atoms with Crippen molar-refractivity contribution >= 4 is 28.4 Å². The number of nitrogens with one attached hydrogen (secondary N) is 2. The van der Waals surface area contributed by atoms with Crippen molar-refractivity contribution < 1.29 is 13.2 Å². The van der Waals surface area contributed by atoms with Crippen LogP contribution in [-0.4, -0.2) is 25.8 Å². The summed E-state index contributed by atoms with van der Waals surface area (Å²) >= 11 is 0. The normalized spacial score (nSPS) is 14.4. The molecule has 0 atom stereocenters. The number of fused-ring (bicyclic) bond motifs is 1. The van der Waals surface area contributed by atoms with Gasteiger partial charge in [0, 0.05) is 24.2 Å². The Hall–Kier alpha value is -2.84. The molecule has 0 bridgehead atoms. The zero-order chi connectivity index (χ0) is 19.7. The first-order valence-electron chi connectivity index (χ1n) is 9.38. The van der Waals surface area contributed by atoms with Gasteiger partial charge in [-0.1, -0.05) is 19.4 Å². The molecule has 0 unspecified atom stereocenters. The number of nitrogens with zero attached hydrogens (tertiary/aromatic N) is 4. The molecule has 0 aliphatic heterocycles. The second kappa shape index (κ2) is 7.29. The highest BCUT2D eigenvalue weighted by Gasteiger charge is 2.36. The zero-order valence-corrected chi connectivity index (χ0v) is 15.4. The molecule has 4 rings (SSSR count). The Morgan fingerprint density at radius 1 is 1.21 bits per heavy atom. The van der Waals surface area contributed by atoms with E-state index in [-0.39, 0.29) is 17.8 Å². The standard InChI is InChI=1S/C19H21F3N6/c1-2-3-9-28-16-6-4-5-15(13(16)10-24-28)26-18-23-11-14(19(20,21)22)17(27-18)25-12-7-8-12/h4-6,10-12H,2-3,7-9H2,1H3,(H2,23,25,26,27). The molecule has 1 fully saturated rings. The van der Waals surface area contributed by atoms with Gasteiger partial charge in [0.25, 0.3) is 0 Å². The molecular weight excluding hydrogens is 369 g/mol. The van der Waals surface area contributed by atoms with Crippen LogP contribution in [0.15, 0.2) is 30.6 Å².